The third-order valence-corrected chi connectivity index (χ3v) is 2.50. The minimum absolute atomic E-state index is 0.0558. The van der Waals surface area contributed by atoms with Crippen LogP contribution in [-0.4, -0.2) is 13.0 Å². The lowest BCUT2D eigenvalue weighted by Crippen LogP contribution is -1.97. The van der Waals surface area contributed by atoms with Crippen molar-refractivity contribution < 1.29 is 13.0 Å². The van der Waals surface area contributed by atoms with Crippen LogP contribution < -0.4 is 0 Å². The van der Waals surface area contributed by atoms with E-state index in [0.29, 0.717) is 0 Å². The zero-order chi connectivity index (χ0) is 11.2. The summed E-state index contributed by atoms with van der Waals surface area (Å²) in [6.45, 7) is 5.97. The summed E-state index contributed by atoms with van der Waals surface area (Å²) in [6, 6.07) is 6.16. The van der Waals surface area contributed by atoms with E-state index in [0.717, 1.165) is 12.0 Å². The first kappa shape index (κ1) is 13.1. The van der Waals surface area contributed by atoms with Gasteiger partial charge in [0.25, 0.3) is 10.1 Å². The molecule has 0 atom stereocenters. The Morgan fingerprint density at radius 2 is 1.57 bits per heavy atom. The van der Waals surface area contributed by atoms with Crippen LogP contribution in [0.3, 0.4) is 0 Å². The summed E-state index contributed by atoms with van der Waals surface area (Å²) in [4.78, 5) is -0.0558. The largest absolute Gasteiger partial charge is 0.294 e. The number of benzene rings is 1. The maximum absolute atomic E-state index is 10.6. The van der Waals surface area contributed by atoms with Gasteiger partial charge in [0, 0.05) is 0 Å². The Morgan fingerprint density at radius 3 is 1.86 bits per heavy atom. The van der Waals surface area contributed by atoms with Crippen LogP contribution >= 0.6 is 0 Å². The molecular weight excluding hydrogens is 200 g/mol. The molecule has 0 unspecified atom stereocenters. The molecule has 14 heavy (non-hydrogen) atoms. The Labute approximate surface area is 85.5 Å². The molecule has 0 radical (unpaired) electrons. The highest BCUT2D eigenvalue weighted by Gasteiger charge is 2.07. The fourth-order valence-electron chi connectivity index (χ4n) is 0.897. The summed E-state index contributed by atoms with van der Waals surface area (Å²) in [5.41, 5.74) is 1.04. The first-order valence-corrected chi connectivity index (χ1v) is 6.04. The molecule has 1 aromatic rings. The molecule has 0 fully saturated rings. The summed E-state index contributed by atoms with van der Waals surface area (Å²) in [5.74, 6) is 0. The number of hydrogen-bond donors (Lipinski definition) is 1. The van der Waals surface area contributed by atoms with Crippen LogP contribution in [0.2, 0.25) is 0 Å². The van der Waals surface area contributed by atoms with Crippen LogP contribution in [0.25, 0.3) is 0 Å². The normalized spacial score (nSPS) is 10.3. The molecule has 1 aromatic carbocycles. The summed E-state index contributed by atoms with van der Waals surface area (Å²) in [7, 11) is -4.03. The fourth-order valence-corrected chi connectivity index (χ4v) is 1.38. The molecule has 0 spiro atoms. The highest BCUT2D eigenvalue weighted by atomic mass is 32.2. The van der Waals surface area contributed by atoms with E-state index in [9.17, 15) is 8.42 Å². The minimum atomic E-state index is -4.03. The van der Waals surface area contributed by atoms with Gasteiger partial charge in [-0.2, -0.15) is 8.42 Å². The predicted octanol–water partition coefficient (Wildman–Crippen LogP) is 2.52. The van der Waals surface area contributed by atoms with Crippen molar-refractivity contribution in [2.75, 3.05) is 0 Å². The summed E-state index contributed by atoms with van der Waals surface area (Å²) >= 11 is 0. The maximum Gasteiger partial charge on any atom is 0.294 e. The van der Waals surface area contributed by atoms with E-state index < -0.39 is 10.1 Å². The van der Waals surface area contributed by atoms with E-state index >= 15 is 0 Å². The molecule has 0 saturated heterocycles. The van der Waals surface area contributed by atoms with Gasteiger partial charge in [-0.15, -0.1) is 0 Å². The lowest BCUT2D eigenvalue weighted by atomic mass is 10.2. The molecule has 0 aliphatic heterocycles. The van der Waals surface area contributed by atoms with Crippen LogP contribution in [0.1, 0.15) is 26.3 Å². The van der Waals surface area contributed by atoms with Gasteiger partial charge >= 0.3 is 0 Å². The van der Waals surface area contributed by atoms with Crippen LogP contribution in [0.15, 0.2) is 29.2 Å². The van der Waals surface area contributed by atoms with Crippen molar-refractivity contribution in [2.45, 2.75) is 32.1 Å². The topological polar surface area (TPSA) is 54.4 Å². The Hall–Kier alpha value is -0.870. The monoisotopic (exact) mass is 216 g/mol. The summed E-state index contributed by atoms with van der Waals surface area (Å²) < 4.78 is 29.8. The van der Waals surface area contributed by atoms with Crippen molar-refractivity contribution in [2.24, 2.45) is 0 Å². The highest BCUT2D eigenvalue weighted by molar-refractivity contribution is 7.85. The first-order chi connectivity index (χ1) is 6.54. The Bertz CT molecular complexity index is 351. The SMILES string of the molecule is CC.CCc1ccc(S(=O)(=O)O)cc1. The third kappa shape index (κ3) is 3.89. The average Bonchev–Trinajstić information content (AvgIpc) is 2.20. The van der Waals surface area contributed by atoms with E-state index in [-0.39, 0.29) is 4.90 Å². The molecule has 3 nitrogen and oxygen atoms in total. The molecule has 0 amide bonds. The van der Waals surface area contributed by atoms with Gasteiger partial charge in [-0.25, -0.2) is 0 Å². The molecule has 0 aliphatic rings. The Morgan fingerprint density at radius 1 is 1.14 bits per heavy atom. The second kappa shape index (κ2) is 5.78. The first-order valence-electron chi connectivity index (χ1n) is 4.60. The molecule has 1 N–H and O–H groups in total. The van der Waals surface area contributed by atoms with E-state index in [4.69, 9.17) is 4.55 Å². The summed E-state index contributed by atoms with van der Waals surface area (Å²) in [6.07, 6.45) is 0.853. The number of aryl methyl sites for hydroxylation is 1. The minimum Gasteiger partial charge on any atom is -0.282 e. The lowest BCUT2D eigenvalue weighted by molar-refractivity contribution is 0.483. The van der Waals surface area contributed by atoms with Gasteiger partial charge in [0.05, 0.1) is 4.90 Å². The van der Waals surface area contributed by atoms with Crippen molar-refractivity contribution in [1.82, 2.24) is 0 Å². The number of hydrogen-bond acceptors (Lipinski definition) is 2. The van der Waals surface area contributed by atoms with E-state index in [1.54, 1.807) is 12.1 Å². The molecule has 0 bridgehead atoms. The molecule has 0 saturated carbocycles. The molecule has 4 heteroatoms. The molecule has 0 aliphatic carbocycles. The van der Waals surface area contributed by atoms with Gasteiger partial charge in [-0.05, 0) is 24.1 Å². The van der Waals surface area contributed by atoms with Gasteiger partial charge < -0.3 is 0 Å². The zero-order valence-corrected chi connectivity index (χ0v) is 9.50. The van der Waals surface area contributed by atoms with Crippen LogP contribution in [0.4, 0.5) is 0 Å². The molecule has 0 aromatic heterocycles. The quantitative estimate of drug-likeness (QED) is 0.773. The summed E-state index contributed by atoms with van der Waals surface area (Å²) in [5, 5.41) is 0. The van der Waals surface area contributed by atoms with Gasteiger partial charge in [-0.1, -0.05) is 32.9 Å². The smallest absolute Gasteiger partial charge is 0.282 e. The van der Waals surface area contributed by atoms with Crippen molar-refractivity contribution in [1.29, 1.82) is 0 Å². The van der Waals surface area contributed by atoms with E-state index in [1.807, 2.05) is 20.8 Å². The fraction of sp³-hybridized carbons (Fsp3) is 0.400. The van der Waals surface area contributed by atoms with Crippen molar-refractivity contribution in [3.63, 3.8) is 0 Å². The molecule has 0 heterocycles. The molecular formula is C10H16O3S. The molecule has 80 valence electrons. The standard InChI is InChI=1S/C8H10O3S.C2H6/c1-2-7-3-5-8(6-4-7)12(9,10)11;1-2/h3-6H,2H2,1H3,(H,9,10,11);1-2H3. The van der Waals surface area contributed by atoms with Gasteiger partial charge in [0.2, 0.25) is 0 Å². The van der Waals surface area contributed by atoms with Gasteiger partial charge in [0.1, 0.15) is 0 Å². The van der Waals surface area contributed by atoms with E-state index in [1.165, 1.54) is 12.1 Å². The highest BCUT2D eigenvalue weighted by Crippen LogP contribution is 2.09. The van der Waals surface area contributed by atoms with E-state index in [2.05, 4.69) is 0 Å². The van der Waals surface area contributed by atoms with Crippen LogP contribution in [0.5, 0.6) is 0 Å². The van der Waals surface area contributed by atoms with Crippen molar-refractivity contribution >= 4 is 10.1 Å². The third-order valence-electron chi connectivity index (χ3n) is 1.63. The molecule has 1 rings (SSSR count). The second-order valence-electron chi connectivity index (χ2n) is 2.47. The number of rotatable bonds is 2. The average molecular weight is 216 g/mol. The lowest BCUT2D eigenvalue weighted by Gasteiger charge is -1.97. The van der Waals surface area contributed by atoms with Crippen molar-refractivity contribution in [3.8, 4) is 0 Å². The van der Waals surface area contributed by atoms with Crippen LogP contribution in [0, 0.1) is 0 Å². The Balaban J connectivity index is 0.000000791. The van der Waals surface area contributed by atoms with Crippen molar-refractivity contribution in [3.05, 3.63) is 29.8 Å². The Kier molecular flexibility index (Phi) is 5.42. The van der Waals surface area contributed by atoms with Gasteiger partial charge in [0.15, 0.2) is 0 Å². The maximum atomic E-state index is 10.6. The predicted molar refractivity (Wildman–Crippen MR) is 57.0 cm³/mol. The second-order valence-corrected chi connectivity index (χ2v) is 3.89. The van der Waals surface area contributed by atoms with Gasteiger partial charge in [-0.3, -0.25) is 4.55 Å². The zero-order valence-electron chi connectivity index (χ0n) is 8.69. The van der Waals surface area contributed by atoms with Crippen LogP contribution in [-0.2, 0) is 16.5 Å².